The largest absolute Gasteiger partial charge is 0.496 e. The minimum absolute atomic E-state index is 0.0446. The minimum Gasteiger partial charge on any atom is -0.496 e. The normalized spacial score (nSPS) is 13.1. The molecule has 22 heavy (non-hydrogen) atoms. The van der Waals surface area contributed by atoms with Crippen LogP contribution in [0.1, 0.15) is 49.2 Å². The van der Waals surface area contributed by atoms with Gasteiger partial charge in [0, 0.05) is 11.8 Å². The molecule has 6 nitrogen and oxygen atoms in total. The second kappa shape index (κ2) is 7.06. The fraction of sp³-hybridized carbons (Fsp3) is 0.438. The highest BCUT2D eigenvalue weighted by Crippen LogP contribution is 2.29. The van der Waals surface area contributed by atoms with Crippen LogP contribution in [-0.4, -0.2) is 30.3 Å². The van der Waals surface area contributed by atoms with E-state index in [1.807, 2.05) is 0 Å². The van der Waals surface area contributed by atoms with Gasteiger partial charge in [-0.1, -0.05) is 26.8 Å². The lowest BCUT2D eigenvalue weighted by Gasteiger charge is -2.16. The van der Waals surface area contributed by atoms with Crippen LogP contribution in [0, 0.1) is 5.41 Å². The second-order valence-corrected chi connectivity index (χ2v) is 6.16. The lowest BCUT2D eigenvalue weighted by atomic mass is 9.93. The molecule has 3 N–H and O–H groups in total. The molecule has 1 rings (SSSR count). The zero-order valence-electron chi connectivity index (χ0n) is 13.3. The number of carbonyl (C=O) groups is 2. The van der Waals surface area contributed by atoms with E-state index in [0.29, 0.717) is 12.0 Å². The Balaban J connectivity index is 3.16. The van der Waals surface area contributed by atoms with Gasteiger partial charge in [-0.15, -0.1) is 0 Å². The molecule has 1 atom stereocenters. The molecule has 6 heteroatoms. The van der Waals surface area contributed by atoms with Gasteiger partial charge in [0.25, 0.3) is 0 Å². The Bertz CT molecular complexity index is 588. The molecule has 0 radical (unpaired) electrons. The predicted molar refractivity (Wildman–Crippen MR) is 84.5 cm³/mol. The number of carboxylic acids is 1. The molecule has 0 bridgehead atoms. The highest BCUT2D eigenvalue weighted by molar-refractivity contribution is 5.89. The van der Waals surface area contributed by atoms with E-state index in [1.54, 1.807) is 6.21 Å². The van der Waals surface area contributed by atoms with Crippen molar-refractivity contribution in [3.8, 4) is 5.75 Å². The molecule has 0 saturated carbocycles. The van der Waals surface area contributed by atoms with Gasteiger partial charge in [-0.25, -0.2) is 4.79 Å². The molecule has 0 spiro atoms. The summed E-state index contributed by atoms with van der Waals surface area (Å²) in [5.41, 5.74) is 5.98. The van der Waals surface area contributed by atoms with Gasteiger partial charge in [-0.05, 0) is 24.0 Å². The zero-order valence-corrected chi connectivity index (χ0v) is 13.3. The Labute approximate surface area is 130 Å². The Morgan fingerprint density at radius 2 is 2.05 bits per heavy atom. The summed E-state index contributed by atoms with van der Waals surface area (Å²) in [4.78, 5) is 26.9. The lowest BCUT2D eigenvalue weighted by molar-refractivity contribution is -0.119. The van der Waals surface area contributed by atoms with Crippen molar-refractivity contribution < 1.29 is 19.4 Å². The Morgan fingerprint density at radius 3 is 2.50 bits per heavy atom. The quantitative estimate of drug-likeness (QED) is 0.788. The smallest absolute Gasteiger partial charge is 0.335 e. The van der Waals surface area contributed by atoms with E-state index < -0.39 is 17.9 Å². The van der Waals surface area contributed by atoms with Crippen LogP contribution in [0.2, 0.25) is 0 Å². The summed E-state index contributed by atoms with van der Waals surface area (Å²) < 4.78 is 5.17. The molecule has 0 heterocycles. The number of aromatic carboxylic acids is 1. The van der Waals surface area contributed by atoms with Crippen molar-refractivity contribution in [3.63, 3.8) is 0 Å². The van der Waals surface area contributed by atoms with Crippen molar-refractivity contribution in [2.45, 2.75) is 33.2 Å². The number of amides is 1. The standard InChI is InChI=1S/C16H22N2O4/c1-16(2,3)7-8-18-13(14(17)19)11-6-5-10(15(20)21)9-12(11)22-4/h5-6,8-9,13H,7H2,1-4H3,(H2,17,19)(H,20,21). The minimum atomic E-state index is -1.07. The number of ether oxygens (including phenoxy) is 1. The fourth-order valence-electron chi connectivity index (χ4n) is 1.81. The van der Waals surface area contributed by atoms with E-state index in [-0.39, 0.29) is 16.7 Å². The number of benzene rings is 1. The number of carbonyl (C=O) groups excluding carboxylic acids is 1. The summed E-state index contributed by atoms with van der Waals surface area (Å²) >= 11 is 0. The average Bonchev–Trinajstić information content (AvgIpc) is 2.41. The van der Waals surface area contributed by atoms with E-state index in [1.165, 1.54) is 25.3 Å². The molecule has 1 amide bonds. The number of aliphatic imine (C=N–C) groups is 1. The number of nitrogens with zero attached hydrogens (tertiary/aromatic N) is 1. The van der Waals surface area contributed by atoms with Crippen molar-refractivity contribution >= 4 is 18.1 Å². The third-order valence-corrected chi connectivity index (χ3v) is 3.00. The number of nitrogens with two attached hydrogens (primary N) is 1. The summed E-state index contributed by atoms with van der Waals surface area (Å²) in [7, 11) is 1.40. The molecule has 1 unspecified atom stereocenters. The van der Waals surface area contributed by atoms with Crippen LogP contribution in [0.5, 0.6) is 5.75 Å². The number of primary amides is 1. The molecule has 0 aliphatic heterocycles. The van der Waals surface area contributed by atoms with E-state index >= 15 is 0 Å². The number of methoxy groups -OCH3 is 1. The van der Waals surface area contributed by atoms with Crippen molar-refractivity contribution in [1.29, 1.82) is 0 Å². The summed E-state index contributed by atoms with van der Waals surface area (Å²) in [6.07, 6.45) is 2.35. The van der Waals surface area contributed by atoms with Crippen LogP contribution in [0.3, 0.4) is 0 Å². The van der Waals surface area contributed by atoms with Crippen LogP contribution in [0.25, 0.3) is 0 Å². The summed E-state index contributed by atoms with van der Waals surface area (Å²) in [6.45, 7) is 6.17. The number of hydrogen-bond donors (Lipinski definition) is 2. The van der Waals surface area contributed by atoms with E-state index in [4.69, 9.17) is 15.6 Å². The molecule has 1 aromatic rings. The molecule has 0 aliphatic rings. The first-order valence-electron chi connectivity index (χ1n) is 6.88. The number of hydrogen-bond acceptors (Lipinski definition) is 4. The van der Waals surface area contributed by atoms with Crippen molar-refractivity contribution in [2.24, 2.45) is 16.1 Å². The molecule has 0 aliphatic carbocycles. The Hall–Kier alpha value is -2.37. The summed E-state index contributed by atoms with van der Waals surface area (Å²) in [5, 5.41) is 9.00. The van der Waals surface area contributed by atoms with Gasteiger partial charge >= 0.3 is 5.97 Å². The highest BCUT2D eigenvalue weighted by Gasteiger charge is 2.22. The first-order valence-corrected chi connectivity index (χ1v) is 6.88. The number of carboxylic acid groups (broad SMARTS) is 1. The molecular weight excluding hydrogens is 284 g/mol. The second-order valence-electron chi connectivity index (χ2n) is 6.16. The maximum atomic E-state index is 11.7. The number of rotatable bonds is 6. The zero-order chi connectivity index (χ0) is 16.9. The average molecular weight is 306 g/mol. The maximum absolute atomic E-state index is 11.7. The van der Waals surface area contributed by atoms with Gasteiger partial charge in [0.2, 0.25) is 5.91 Å². The third-order valence-electron chi connectivity index (χ3n) is 3.00. The molecule has 0 fully saturated rings. The van der Waals surface area contributed by atoms with Crippen LogP contribution < -0.4 is 10.5 Å². The van der Waals surface area contributed by atoms with Gasteiger partial charge < -0.3 is 15.6 Å². The van der Waals surface area contributed by atoms with Crippen LogP contribution in [-0.2, 0) is 4.79 Å². The van der Waals surface area contributed by atoms with Crippen molar-refractivity contribution in [2.75, 3.05) is 7.11 Å². The summed E-state index contributed by atoms with van der Waals surface area (Å²) in [5.74, 6) is -1.42. The predicted octanol–water partition coefficient (Wildman–Crippen LogP) is 2.43. The van der Waals surface area contributed by atoms with Gasteiger partial charge in [0.1, 0.15) is 5.75 Å². The van der Waals surface area contributed by atoms with Crippen LogP contribution in [0.4, 0.5) is 0 Å². The van der Waals surface area contributed by atoms with Crippen molar-refractivity contribution in [3.05, 3.63) is 29.3 Å². The van der Waals surface area contributed by atoms with Gasteiger partial charge in [-0.3, -0.25) is 9.79 Å². The van der Waals surface area contributed by atoms with E-state index in [9.17, 15) is 9.59 Å². The molecular formula is C16H22N2O4. The topological polar surface area (TPSA) is 102 Å². The van der Waals surface area contributed by atoms with Gasteiger partial charge in [-0.2, -0.15) is 0 Å². The fourth-order valence-corrected chi connectivity index (χ4v) is 1.81. The van der Waals surface area contributed by atoms with Crippen molar-refractivity contribution in [1.82, 2.24) is 0 Å². The Kier molecular flexibility index (Phi) is 5.68. The molecule has 1 aromatic carbocycles. The van der Waals surface area contributed by atoms with Crippen LogP contribution in [0.15, 0.2) is 23.2 Å². The molecule has 0 aromatic heterocycles. The molecule has 0 saturated heterocycles. The third kappa shape index (κ3) is 4.87. The maximum Gasteiger partial charge on any atom is 0.335 e. The Morgan fingerprint density at radius 1 is 1.41 bits per heavy atom. The van der Waals surface area contributed by atoms with Gasteiger partial charge in [0.15, 0.2) is 6.04 Å². The lowest BCUT2D eigenvalue weighted by Crippen LogP contribution is -2.21. The first kappa shape index (κ1) is 17.7. The first-order chi connectivity index (χ1) is 10.2. The van der Waals surface area contributed by atoms with Gasteiger partial charge in [0.05, 0.1) is 12.7 Å². The monoisotopic (exact) mass is 306 g/mol. The highest BCUT2D eigenvalue weighted by atomic mass is 16.5. The SMILES string of the molecule is COc1cc(C(=O)O)ccc1C(N=CCC(C)(C)C)C(N)=O. The molecule has 120 valence electrons. The summed E-state index contributed by atoms with van der Waals surface area (Å²) in [6, 6.07) is 3.36. The van der Waals surface area contributed by atoms with E-state index in [0.717, 1.165) is 0 Å². The van der Waals surface area contributed by atoms with Crippen LogP contribution >= 0.6 is 0 Å². The van der Waals surface area contributed by atoms with E-state index in [2.05, 4.69) is 25.8 Å².